The Hall–Kier alpha value is -4.21. The van der Waals surface area contributed by atoms with Crippen LogP contribution in [0.3, 0.4) is 0 Å². The molecule has 0 saturated heterocycles. The van der Waals surface area contributed by atoms with Crippen molar-refractivity contribution in [3.63, 3.8) is 0 Å². The number of benzene rings is 4. The van der Waals surface area contributed by atoms with Gasteiger partial charge in [0.05, 0.1) is 0 Å². The Labute approximate surface area is 242 Å². The van der Waals surface area contributed by atoms with Crippen LogP contribution in [0.2, 0.25) is 0 Å². The molecule has 2 nitrogen and oxygen atoms in total. The number of thiophene rings is 1. The number of pyridine rings is 1. The first kappa shape index (κ1) is 23.7. The number of aromatic nitrogens is 1. The summed E-state index contributed by atoms with van der Waals surface area (Å²) in [5, 5.41) is 7.90. The summed E-state index contributed by atoms with van der Waals surface area (Å²) in [5.41, 5.74) is 8.00. The molecule has 0 spiro atoms. The van der Waals surface area contributed by atoms with Crippen LogP contribution < -0.4 is 5.32 Å². The topological polar surface area (TPSA) is 24.9 Å². The van der Waals surface area contributed by atoms with Gasteiger partial charge in [-0.2, -0.15) is 0 Å². The summed E-state index contributed by atoms with van der Waals surface area (Å²) in [4.78, 5) is 5.03. The van der Waals surface area contributed by atoms with Gasteiger partial charge in [0, 0.05) is 0 Å². The van der Waals surface area contributed by atoms with Crippen molar-refractivity contribution in [2.75, 3.05) is 0 Å². The third-order valence-electron chi connectivity index (χ3n) is 7.57. The molecule has 0 saturated carbocycles. The van der Waals surface area contributed by atoms with Crippen LogP contribution >= 0.6 is 11.3 Å². The zero-order valence-electron chi connectivity index (χ0n) is 21.5. The first-order chi connectivity index (χ1) is 19.8. The molecule has 0 amide bonds. The van der Waals surface area contributed by atoms with Crippen LogP contribution in [0.15, 0.2) is 133 Å². The fraction of sp³-hybridized carbons (Fsp3) is 0.0278. The molecule has 190 valence electrons. The third-order valence-corrected chi connectivity index (χ3v) is 11.5. The summed E-state index contributed by atoms with van der Waals surface area (Å²) in [6.07, 6.45) is 6.59. The minimum absolute atomic E-state index is 0.179. The molecule has 1 aliphatic rings. The summed E-state index contributed by atoms with van der Waals surface area (Å²) >= 11 is 2.28. The van der Waals surface area contributed by atoms with Crippen molar-refractivity contribution in [2.24, 2.45) is 0 Å². The molecule has 3 aromatic heterocycles. The van der Waals surface area contributed by atoms with E-state index >= 15 is 0 Å². The van der Waals surface area contributed by atoms with Gasteiger partial charge in [0.1, 0.15) is 0 Å². The summed E-state index contributed by atoms with van der Waals surface area (Å²) in [6.45, 7) is 0. The van der Waals surface area contributed by atoms with Gasteiger partial charge in [-0.05, 0) is 0 Å². The molecule has 40 heavy (non-hydrogen) atoms. The van der Waals surface area contributed by atoms with E-state index in [1.165, 1.54) is 45.5 Å². The van der Waals surface area contributed by atoms with Gasteiger partial charge in [0.2, 0.25) is 0 Å². The quantitative estimate of drug-likeness (QED) is 0.205. The van der Waals surface area contributed by atoms with E-state index in [0.29, 0.717) is 14.5 Å². The van der Waals surface area contributed by atoms with Crippen LogP contribution in [0.4, 0.5) is 0 Å². The number of allylic oxidation sites excluding steroid dienone is 2. The van der Waals surface area contributed by atoms with Crippen LogP contribution in [-0.2, 0) is 0 Å². The molecule has 1 aliphatic heterocycles. The van der Waals surface area contributed by atoms with E-state index in [0.717, 1.165) is 22.5 Å². The van der Waals surface area contributed by atoms with Gasteiger partial charge in [0.25, 0.3) is 0 Å². The van der Waals surface area contributed by atoms with Gasteiger partial charge >= 0.3 is 244 Å². The Bertz CT molecular complexity index is 2080. The molecule has 4 aromatic carbocycles. The molecule has 4 heteroatoms. The Balaban J connectivity index is 1.21. The zero-order chi connectivity index (χ0) is 26.5. The van der Waals surface area contributed by atoms with Crippen molar-refractivity contribution in [3.8, 4) is 22.5 Å². The van der Waals surface area contributed by atoms with Crippen molar-refractivity contribution in [1.82, 2.24) is 10.3 Å². The minimum atomic E-state index is 0.179. The first-order valence-corrected chi connectivity index (χ1v) is 16.0. The van der Waals surface area contributed by atoms with Crippen LogP contribution in [0.1, 0.15) is 17.2 Å². The van der Waals surface area contributed by atoms with E-state index in [2.05, 4.69) is 133 Å². The Morgan fingerprint density at radius 3 is 2.27 bits per heavy atom. The van der Waals surface area contributed by atoms with Gasteiger partial charge in [-0.1, -0.05) is 0 Å². The van der Waals surface area contributed by atoms with E-state index in [1.807, 2.05) is 17.4 Å². The predicted octanol–water partition coefficient (Wildman–Crippen LogP) is 9.24. The van der Waals surface area contributed by atoms with E-state index < -0.39 is 0 Å². The van der Waals surface area contributed by atoms with E-state index in [1.54, 1.807) is 0 Å². The van der Waals surface area contributed by atoms with Gasteiger partial charge in [0.15, 0.2) is 0 Å². The maximum atomic E-state index is 5.03. The molecule has 7 aromatic rings. The Kier molecular flexibility index (Phi) is 5.77. The monoisotopic (exact) mass is 596 g/mol. The molecule has 0 aliphatic carbocycles. The molecular weight excluding hydrogens is 571 g/mol. The van der Waals surface area contributed by atoms with Gasteiger partial charge < -0.3 is 0 Å². The van der Waals surface area contributed by atoms with Crippen LogP contribution in [-0.4, -0.2) is 19.5 Å². The molecule has 0 bridgehead atoms. The number of nitrogens with zero attached hydrogens (tertiary/aromatic N) is 1. The Morgan fingerprint density at radius 2 is 1.43 bits per heavy atom. The number of rotatable bonds is 4. The molecule has 4 heterocycles. The van der Waals surface area contributed by atoms with E-state index in [9.17, 15) is 0 Å². The van der Waals surface area contributed by atoms with Crippen molar-refractivity contribution in [3.05, 3.63) is 145 Å². The van der Waals surface area contributed by atoms with Gasteiger partial charge in [-0.15, -0.1) is 0 Å². The van der Waals surface area contributed by atoms with Crippen LogP contribution in [0.25, 0.3) is 56.9 Å². The predicted molar refractivity (Wildman–Crippen MR) is 172 cm³/mol. The number of dihydropyridines is 1. The molecule has 1 atom stereocenters. The third kappa shape index (κ3) is 4.13. The second kappa shape index (κ2) is 9.76. The summed E-state index contributed by atoms with van der Waals surface area (Å²) < 4.78 is 4.35. The summed E-state index contributed by atoms with van der Waals surface area (Å²) in [6, 6.07) is 41.4. The maximum absolute atomic E-state index is 5.03. The van der Waals surface area contributed by atoms with E-state index in [-0.39, 0.29) is 6.04 Å². The SMILES string of the molecule is C1=CC(c2ccccc2)NC(c2ccc3[se]c4sc5ccc(-c6cccc(-c7ccccc7)n6)cc5c4c3c2)=C1. The van der Waals surface area contributed by atoms with Gasteiger partial charge in [-0.3, -0.25) is 0 Å². The zero-order valence-corrected chi connectivity index (χ0v) is 24.1. The van der Waals surface area contributed by atoms with Crippen LogP contribution in [0.5, 0.6) is 0 Å². The molecule has 0 radical (unpaired) electrons. The fourth-order valence-electron chi connectivity index (χ4n) is 5.57. The number of hydrogen-bond donors (Lipinski definition) is 1. The van der Waals surface area contributed by atoms with Crippen molar-refractivity contribution in [1.29, 1.82) is 0 Å². The number of fused-ring (bicyclic) bond motifs is 5. The van der Waals surface area contributed by atoms with E-state index in [4.69, 9.17) is 4.98 Å². The van der Waals surface area contributed by atoms with Crippen molar-refractivity contribution < 1.29 is 0 Å². The molecule has 1 unspecified atom stereocenters. The summed E-state index contributed by atoms with van der Waals surface area (Å²) in [7, 11) is 0. The average Bonchev–Trinajstić information content (AvgIpc) is 3.57. The van der Waals surface area contributed by atoms with Gasteiger partial charge in [-0.25, -0.2) is 0 Å². The molecule has 8 rings (SSSR count). The second-order valence-electron chi connectivity index (χ2n) is 10.1. The van der Waals surface area contributed by atoms with Crippen molar-refractivity contribution >= 4 is 60.2 Å². The summed E-state index contributed by atoms with van der Waals surface area (Å²) in [5.74, 6) is 0. The molecule has 1 N–H and O–H groups in total. The molecule has 0 fully saturated rings. The van der Waals surface area contributed by atoms with Crippen molar-refractivity contribution in [2.45, 2.75) is 6.04 Å². The first-order valence-electron chi connectivity index (χ1n) is 13.4. The average molecular weight is 596 g/mol. The fourth-order valence-corrected chi connectivity index (χ4v) is 9.78. The normalized spacial score (nSPS) is 15.0. The molecular formula is C36H24N2SSe. The van der Waals surface area contributed by atoms with Crippen LogP contribution in [0, 0.1) is 0 Å². The number of hydrogen-bond acceptors (Lipinski definition) is 3. The number of nitrogens with one attached hydrogen (secondary N) is 1. The standard InChI is InChI=1S/C36H24N2SSe/c1-3-9-23(10-4-1)29-13-7-15-31(37-29)25-17-19-33-27(21-25)35-28-22-26(18-20-34(28)40-36(35)39-33)32-16-8-14-30(38-32)24-11-5-2-6-12-24/h1-22,30,38H. The Morgan fingerprint density at radius 1 is 0.675 bits per heavy atom. The second-order valence-corrected chi connectivity index (χ2v) is 13.9.